The summed E-state index contributed by atoms with van der Waals surface area (Å²) in [5, 5.41) is 3.76. The lowest BCUT2D eigenvalue weighted by Gasteiger charge is -2.40. The number of rotatable bonds is 4. The first-order valence-electron chi connectivity index (χ1n) is 17.0. The number of ether oxygens (including phenoxy) is 1. The quantitative estimate of drug-likeness (QED) is 0.208. The van der Waals surface area contributed by atoms with Gasteiger partial charge >= 0.3 is 0 Å². The summed E-state index contributed by atoms with van der Waals surface area (Å²) in [5.41, 5.74) is 13.6. The minimum absolute atomic E-state index is 0.262. The number of aromatic nitrogens is 1. The Balaban J connectivity index is 1.20. The molecule has 236 valence electrons. The van der Waals surface area contributed by atoms with Gasteiger partial charge in [-0.05, 0) is 63.7 Å². The molecule has 6 aromatic carbocycles. The fourth-order valence-corrected chi connectivity index (χ4v) is 8.15. The molecule has 0 saturated heterocycles. The molecule has 7 aromatic rings. The van der Waals surface area contributed by atoms with Crippen LogP contribution in [0.4, 0.5) is 0 Å². The zero-order chi connectivity index (χ0) is 33.1. The average Bonchev–Trinajstić information content (AvgIpc) is 3.49. The van der Waals surface area contributed by atoms with E-state index in [1.54, 1.807) is 0 Å². The van der Waals surface area contributed by atoms with Crippen LogP contribution in [0.15, 0.2) is 181 Å². The van der Waals surface area contributed by atoms with E-state index in [2.05, 4.69) is 157 Å². The largest absolute Gasteiger partial charge is 0.456 e. The Hall–Kier alpha value is -6.52. The number of nitrogens with zero attached hydrogens (tertiary/aromatic N) is 2. The summed E-state index contributed by atoms with van der Waals surface area (Å²) >= 11 is 0. The first-order valence-corrected chi connectivity index (χ1v) is 17.0. The molecule has 4 heteroatoms. The van der Waals surface area contributed by atoms with E-state index in [4.69, 9.17) is 14.7 Å². The monoisotopic (exact) mass is 641 g/mol. The van der Waals surface area contributed by atoms with Crippen LogP contribution >= 0.6 is 0 Å². The van der Waals surface area contributed by atoms with Crippen molar-refractivity contribution in [3.63, 3.8) is 0 Å². The number of pyridine rings is 1. The molecule has 0 saturated carbocycles. The smallest absolute Gasteiger partial charge is 0.145 e. The summed E-state index contributed by atoms with van der Waals surface area (Å²) in [6, 6.07) is 57.6. The van der Waals surface area contributed by atoms with Gasteiger partial charge in [-0.2, -0.15) is 0 Å². The van der Waals surface area contributed by atoms with Crippen molar-refractivity contribution in [3.05, 3.63) is 215 Å². The maximum atomic E-state index is 7.00. The Morgan fingerprint density at radius 2 is 1.12 bits per heavy atom. The predicted octanol–water partition coefficient (Wildman–Crippen LogP) is 10.3. The molecule has 10 rings (SSSR count). The molecular formula is C46H31N3O. The average molecular weight is 642 g/mol. The van der Waals surface area contributed by atoms with E-state index in [-0.39, 0.29) is 6.17 Å². The van der Waals surface area contributed by atoms with E-state index in [9.17, 15) is 0 Å². The topological polar surface area (TPSA) is 46.5 Å². The summed E-state index contributed by atoms with van der Waals surface area (Å²) < 4.78 is 7.00. The second-order valence-electron chi connectivity index (χ2n) is 12.9. The van der Waals surface area contributed by atoms with Crippen molar-refractivity contribution >= 4 is 11.4 Å². The van der Waals surface area contributed by atoms with Crippen molar-refractivity contribution in [2.45, 2.75) is 11.6 Å². The van der Waals surface area contributed by atoms with Gasteiger partial charge in [-0.1, -0.05) is 140 Å². The van der Waals surface area contributed by atoms with Crippen LogP contribution in [0.1, 0.15) is 45.1 Å². The molecule has 0 bridgehead atoms. The van der Waals surface area contributed by atoms with Crippen LogP contribution < -0.4 is 10.1 Å². The number of benzene rings is 6. The molecule has 2 aliphatic heterocycles. The van der Waals surface area contributed by atoms with Gasteiger partial charge < -0.3 is 10.1 Å². The van der Waals surface area contributed by atoms with Gasteiger partial charge in [0, 0.05) is 34.1 Å². The molecule has 3 aliphatic rings. The van der Waals surface area contributed by atoms with Crippen LogP contribution in [0.5, 0.6) is 11.5 Å². The van der Waals surface area contributed by atoms with E-state index < -0.39 is 5.41 Å². The third-order valence-corrected chi connectivity index (χ3v) is 10.3. The number of hydrogen-bond donors (Lipinski definition) is 1. The highest BCUT2D eigenvalue weighted by molar-refractivity contribution is 6.13. The van der Waals surface area contributed by atoms with E-state index in [0.29, 0.717) is 0 Å². The van der Waals surface area contributed by atoms with Gasteiger partial charge in [0.1, 0.15) is 17.7 Å². The van der Waals surface area contributed by atoms with Crippen molar-refractivity contribution in [1.82, 2.24) is 10.3 Å². The second kappa shape index (κ2) is 11.3. The molecule has 50 heavy (non-hydrogen) atoms. The fourth-order valence-electron chi connectivity index (χ4n) is 8.15. The van der Waals surface area contributed by atoms with E-state index in [1.807, 2.05) is 24.4 Å². The molecular weight excluding hydrogens is 611 g/mol. The molecule has 1 unspecified atom stereocenters. The van der Waals surface area contributed by atoms with Crippen LogP contribution in [-0.2, 0) is 5.41 Å². The fraction of sp³-hybridized carbons (Fsp3) is 0.0435. The standard InChI is InChI=1S/C46H31N3O/c1-3-15-30(16-4-1)40-29-41(49-45(48-40)31-17-5-2-6-18-31)34-22-14-28-47-43(34)35-21-13-26-39-44(35)50-42-27-12-11-25-38(42)46(39)36-23-9-7-19-32(36)33-20-8-10-24-37(33)46/h1-29,45,49H. The Bertz CT molecular complexity index is 2450. The highest BCUT2D eigenvalue weighted by Gasteiger charge is 2.51. The third kappa shape index (κ3) is 4.18. The van der Waals surface area contributed by atoms with Crippen molar-refractivity contribution < 1.29 is 4.74 Å². The number of hydrogen-bond acceptors (Lipinski definition) is 4. The summed E-state index contributed by atoms with van der Waals surface area (Å²) in [6.07, 6.45) is 3.75. The number of allylic oxidation sites excluding steroid dienone is 1. The van der Waals surface area contributed by atoms with E-state index >= 15 is 0 Å². The van der Waals surface area contributed by atoms with Crippen molar-refractivity contribution in [1.29, 1.82) is 0 Å². The highest BCUT2D eigenvalue weighted by atomic mass is 16.5. The number of nitrogens with one attached hydrogen (secondary N) is 1. The maximum Gasteiger partial charge on any atom is 0.145 e. The highest BCUT2D eigenvalue weighted by Crippen LogP contribution is 2.63. The zero-order valence-electron chi connectivity index (χ0n) is 27.1. The third-order valence-electron chi connectivity index (χ3n) is 10.3. The first-order chi connectivity index (χ1) is 24.8. The van der Waals surface area contributed by atoms with Gasteiger partial charge in [0.05, 0.1) is 16.8 Å². The lowest BCUT2D eigenvalue weighted by atomic mass is 9.65. The Labute approximate surface area is 291 Å². The molecule has 1 N–H and O–H groups in total. The minimum atomic E-state index is -0.545. The van der Waals surface area contributed by atoms with E-state index in [1.165, 1.54) is 22.3 Å². The van der Waals surface area contributed by atoms with Gasteiger partial charge in [0.15, 0.2) is 0 Å². The van der Waals surface area contributed by atoms with Crippen LogP contribution in [0.2, 0.25) is 0 Å². The zero-order valence-corrected chi connectivity index (χ0v) is 27.1. The summed E-state index contributed by atoms with van der Waals surface area (Å²) in [4.78, 5) is 10.3. The normalized spacial score (nSPS) is 16.1. The first kappa shape index (κ1) is 28.5. The van der Waals surface area contributed by atoms with Crippen LogP contribution in [0.3, 0.4) is 0 Å². The van der Waals surface area contributed by atoms with Crippen LogP contribution in [0.25, 0.3) is 28.1 Å². The van der Waals surface area contributed by atoms with E-state index in [0.717, 1.165) is 62.0 Å². The second-order valence-corrected chi connectivity index (χ2v) is 12.9. The summed E-state index contributed by atoms with van der Waals surface area (Å²) in [5.74, 6) is 1.68. The Morgan fingerprint density at radius 3 is 1.88 bits per heavy atom. The molecule has 3 heterocycles. The minimum Gasteiger partial charge on any atom is -0.456 e. The molecule has 1 aliphatic carbocycles. The molecule has 1 spiro atoms. The van der Waals surface area contributed by atoms with Gasteiger partial charge in [0.25, 0.3) is 0 Å². The van der Waals surface area contributed by atoms with Gasteiger partial charge in [-0.3, -0.25) is 9.98 Å². The molecule has 0 fully saturated rings. The number of fused-ring (bicyclic) bond motifs is 9. The van der Waals surface area contributed by atoms with Crippen LogP contribution in [-0.4, -0.2) is 10.7 Å². The Morgan fingerprint density at radius 1 is 0.520 bits per heavy atom. The molecule has 1 atom stereocenters. The predicted molar refractivity (Wildman–Crippen MR) is 200 cm³/mol. The van der Waals surface area contributed by atoms with Crippen molar-refractivity contribution in [2.75, 3.05) is 0 Å². The molecule has 4 nitrogen and oxygen atoms in total. The lowest BCUT2D eigenvalue weighted by Crippen LogP contribution is -2.32. The molecule has 0 amide bonds. The van der Waals surface area contributed by atoms with Crippen molar-refractivity contribution in [3.8, 4) is 33.9 Å². The lowest BCUT2D eigenvalue weighted by molar-refractivity contribution is 0.438. The summed E-state index contributed by atoms with van der Waals surface area (Å²) in [7, 11) is 0. The number of aliphatic imine (C=N–C) groups is 1. The van der Waals surface area contributed by atoms with Crippen molar-refractivity contribution in [2.24, 2.45) is 4.99 Å². The maximum absolute atomic E-state index is 7.00. The number of para-hydroxylation sites is 2. The van der Waals surface area contributed by atoms with Gasteiger partial charge in [-0.15, -0.1) is 0 Å². The molecule has 1 aromatic heterocycles. The summed E-state index contributed by atoms with van der Waals surface area (Å²) in [6.45, 7) is 0. The van der Waals surface area contributed by atoms with Gasteiger partial charge in [0.2, 0.25) is 0 Å². The van der Waals surface area contributed by atoms with Crippen LogP contribution in [0, 0.1) is 0 Å². The van der Waals surface area contributed by atoms with Gasteiger partial charge in [-0.25, -0.2) is 0 Å². The molecule has 0 radical (unpaired) electrons. The Kier molecular flexibility index (Phi) is 6.43. The SMILES string of the molecule is C1=C(c2cccnc2-c2cccc3c2Oc2ccccc2C32c3ccccc3-c3ccccc32)NC(c2ccccc2)N=C1c1ccccc1.